The third-order valence-corrected chi connectivity index (χ3v) is 6.89. The minimum absolute atomic E-state index is 0.0118. The van der Waals surface area contributed by atoms with Gasteiger partial charge in [-0.1, -0.05) is 11.6 Å². The molecule has 0 saturated heterocycles. The van der Waals surface area contributed by atoms with Gasteiger partial charge in [-0.05, 0) is 61.4 Å². The van der Waals surface area contributed by atoms with Crippen molar-refractivity contribution < 1.29 is 21.8 Å². The number of nitrogens with zero attached hydrogens (tertiary/aromatic N) is 1. The number of hydrogen-bond acceptors (Lipinski definition) is 6. The molecule has 0 aliphatic heterocycles. The van der Waals surface area contributed by atoms with Gasteiger partial charge in [-0.25, -0.2) is 16.8 Å². The number of sulfonamides is 1. The Kier molecular flexibility index (Phi) is 5.59. The van der Waals surface area contributed by atoms with Crippen molar-refractivity contribution >= 4 is 37.1 Å². The second-order valence-electron chi connectivity index (χ2n) is 5.58. The van der Waals surface area contributed by atoms with E-state index in [1.165, 1.54) is 50.2 Å². The summed E-state index contributed by atoms with van der Waals surface area (Å²) < 4.78 is 51.4. The van der Waals surface area contributed by atoms with Crippen LogP contribution in [0.3, 0.4) is 0 Å². The van der Waals surface area contributed by atoms with E-state index in [0.717, 1.165) is 0 Å². The normalized spacial score (nSPS) is 12.0. The Hall–Kier alpha value is -2.17. The van der Waals surface area contributed by atoms with Gasteiger partial charge in [-0.15, -0.1) is 0 Å². The largest absolute Gasteiger partial charge is 0.305 e. The van der Waals surface area contributed by atoms with E-state index in [0.29, 0.717) is 5.02 Å². The van der Waals surface area contributed by atoms with Crippen molar-refractivity contribution in [2.24, 2.45) is 0 Å². The molecule has 0 spiro atoms. The molecule has 0 amide bonds. The number of anilines is 1. The molecular formula is C15H15ClN2O6S2. The van der Waals surface area contributed by atoms with Gasteiger partial charge in [0.1, 0.15) is 0 Å². The highest BCUT2D eigenvalue weighted by Crippen LogP contribution is 2.27. The van der Waals surface area contributed by atoms with Gasteiger partial charge in [-0.2, -0.15) is 0 Å². The summed E-state index contributed by atoms with van der Waals surface area (Å²) in [5, 5.41) is 11.0. The smallest absolute Gasteiger partial charge is 0.280 e. The lowest BCUT2D eigenvalue weighted by Crippen LogP contribution is -2.18. The van der Waals surface area contributed by atoms with Crippen LogP contribution in [0.25, 0.3) is 0 Å². The van der Waals surface area contributed by atoms with Crippen LogP contribution in [0.4, 0.5) is 5.69 Å². The van der Waals surface area contributed by atoms with Crippen molar-refractivity contribution in [3.05, 3.63) is 62.7 Å². The van der Waals surface area contributed by atoms with Gasteiger partial charge in [0, 0.05) is 15.6 Å². The van der Waals surface area contributed by atoms with Crippen LogP contribution in [0.2, 0.25) is 5.02 Å². The second-order valence-corrected chi connectivity index (χ2v) is 9.59. The Labute approximate surface area is 155 Å². The van der Waals surface area contributed by atoms with Gasteiger partial charge >= 0.3 is 5.88 Å². The van der Waals surface area contributed by atoms with Crippen LogP contribution >= 0.6 is 11.6 Å². The molecule has 2 aromatic carbocycles. The molecule has 2 rings (SSSR count). The van der Waals surface area contributed by atoms with E-state index in [1.807, 2.05) is 0 Å². The molecular weight excluding hydrogens is 404 g/mol. The topological polar surface area (TPSA) is 123 Å². The maximum Gasteiger partial charge on any atom is 0.305 e. The fourth-order valence-corrected chi connectivity index (χ4v) is 5.20. The van der Waals surface area contributed by atoms with E-state index in [1.54, 1.807) is 0 Å². The zero-order valence-corrected chi connectivity index (χ0v) is 16.2. The number of nitro groups is 1. The predicted molar refractivity (Wildman–Crippen MR) is 97.2 cm³/mol. The van der Waals surface area contributed by atoms with E-state index in [2.05, 4.69) is 4.72 Å². The number of benzene rings is 2. The Morgan fingerprint density at radius 1 is 1.04 bits per heavy atom. The highest BCUT2D eigenvalue weighted by atomic mass is 35.5. The number of nitrogens with one attached hydrogen (secondary N) is 1. The van der Waals surface area contributed by atoms with Crippen molar-refractivity contribution in [3.63, 3.8) is 0 Å². The standard InChI is InChI=1S/C15H15ClN2O6S2/c1-10-7-13(8-11(2)15(10)25(21,22)9-18(19)20)17-26(23,24)14-5-3-12(16)4-6-14/h3-8,17H,9H2,1-2H3. The van der Waals surface area contributed by atoms with Crippen LogP contribution in [0, 0.1) is 24.0 Å². The quantitative estimate of drug-likeness (QED) is 0.568. The number of hydrogen-bond donors (Lipinski definition) is 1. The highest BCUT2D eigenvalue weighted by molar-refractivity contribution is 7.92. The maximum atomic E-state index is 12.4. The molecule has 26 heavy (non-hydrogen) atoms. The SMILES string of the molecule is Cc1cc(NS(=O)(=O)c2ccc(Cl)cc2)cc(C)c1S(=O)(=O)C[N+](=O)[O-]. The molecule has 140 valence electrons. The summed E-state index contributed by atoms with van der Waals surface area (Å²) in [6, 6.07) is 8.15. The number of rotatable bonds is 6. The molecule has 2 aromatic rings. The zero-order valence-electron chi connectivity index (χ0n) is 13.8. The van der Waals surface area contributed by atoms with Crippen LogP contribution in [0.15, 0.2) is 46.2 Å². The molecule has 11 heteroatoms. The molecule has 0 bridgehead atoms. The number of aryl methyl sites for hydroxylation is 2. The molecule has 0 saturated carbocycles. The van der Waals surface area contributed by atoms with E-state index < -0.39 is 30.7 Å². The Balaban J connectivity index is 2.42. The molecule has 0 radical (unpaired) electrons. The monoisotopic (exact) mass is 418 g/mol. The summed E-state index contributed by atoms with van der Waals surface area (Å²) in [6.45, 7) is 2.89. The third kappa shape index (κ3) is 4.51. The fraction of sp³-hybridized carbons (Fsp3) is 0.200. The molecule has 0 unspecified atom stereocenters. The van der Waals surface area contributed by atoms with Crippen molar-refractivity contribution in [1.82, 2.24) is 0 Å². The van der Waals surface area contributed by atoms with Crippen molar-refractivity contribution in [3.8, 4) is 0 Å². The molecule has 0 heterocycles. The summed E-state index contributed by atoms with van der Waals surface area (Å²) >= 11 is 5.74. The van der Waals surface area contributed by atoms with E-state index in [4.69, 9.17) is 11.6 Å². The second kappa shape index (κ2) is 7.22. The van der Waals surface area contributed by atoms with Gasteiger partial charge in [0.2, 0.25) is 9.84 Å². The lowest BCUT2D eigenvalue weighted by atomic mass is 10.1. The molecule has 8 nitrogen and oxygen atoms in total. The molecule has 1 N–H and O–H groups in total. The minimum atomic E-state index is -4.13. The molecule has 0 atom stereocenters. The lowest BCUT2D eigenvalue weighted by molar-refractivity contribution is -0.458. The summed E-state index contributed by atoms with van der Waals surface area (Å²) in [4.78, 5) is 9.46. The first-order valence-corrected chi connectivity index (χ1v) is 10.7. The molecule has 0 fully saturated rings. The van der Waals surface area contributed by atoms with Crippen LogP contribution in [-0.2, 0) is 19.9 Å². The first-order chi connectivity index (χ1) is 11.9. The predicted octanol–water partition coefficient (Wildman–Crippen LogP) is 2.77. The highest BCUT2D eigenvalue weighted by Gasteiger charge is 2.26. The molecule has 0 aliphatic carbocycles. The lowest BCUT2D eigenvalue weighted by Gasteiger charge is -2.13. The van der Waals surface area contributed by atoms with E-state index >= 15 is 0 Å². The van der Waals surface area contributed by atoms with Gasteiger partial charge in [0.05, 0.1) is 9.79 Å². The van der Waals surface area contributed by atoms with Crippen LogP contribution in [0.5, 0.6) is 0 Å². The summed E-state index contributed by atoms with van der Waals surface area (Å²) in [7, 11) is -8.03. The van der Waals surface area contributed by atoms with Crippen LogP contribution in [-0.4, -0.2) is 27.6 Å². The Morgan fingerprint density at radius 3 is 2.00 bits per heavy atom. The molecule has 0 aromatic heterocycles. The summed E-state index contributed by atoms with van der Waals surface area (Å²) in [6.07, 6.45) is 0. The van der Waals surface area contributed by atoms with E-state index in [9.17, 15) is 26.9 Å². The molecule has 0 aliphatic rings. The zero-order chi connectivity index (χ0) is 19.7. The van der Waals surface area contributed by atoms with E-state index in [-0.39, 0.29) is 26.6 Å². The van der Waals surface area contributed by atoms with Crippen molar-refractivity contribution in [2.45, 2.75) is 23.6 Å². The fourth-order valence-electron chi connectivity index (χ4n) is 2.53. The first-order valence-electron chi connectivity index (χ1n) is 7.16. The third-order valence-electron chi connectivity index (χ3n) is 3.42. The minimum Gasteiger partial charge on any atom is -0.280 e. The van der Waals surface area contributed by atoms with Gasteiger partial charge in [0.15, 0.2) is 0 Å². The van der Waals surface area contributed by atoms with Gasteiger partial charge < -0.3 is 0 Å². The van der Waals surface area contributed by atoms with Crippen molar-refractivity contribution in [2.75, 3.05) is 10.6 Å². The number of sulfone groups is 1. The van der Waals surface area contributed by atoms with Crippen LogP contribution in [0.1, 0.15) is 11.1 Å². The average molecular weight is 419 g/mol. The number of halogens is 1. The first kappa shape index (κ1) is 20.1. The van der Waals surface area contributed by atoms with Gasteiger partial charge in [-0.3, -0.25) is 14.8 Å². The summed E-state index contributed by atoms with van der Waals surface area (Å²) in [5.74, 6) is -1.23. The van der Waals surface area contributed by atoms with Gasteiger partial charge in [0.25, 0.3) is 10.0 Å². The van der Waals surface area contributed by atoms with Crippen LogP contribution < -0.4 is 4.72 Å². The van der Waals surface area contributed by atoms with Crippen molar-refractivity contribution in [1.29, 1.82) is 0 Å². The summed E-state index contributed by atoms with van der Waals surface area (Å²) in [5.41, 5.74) is 0.566. The average Bonchev–Trinajstić information content (AvgIpc) is 2.44. The maximum absolute atomic E-state index is 12.4. The Morgan fingerprint density at radius 2 is 1.54 bits per heavy atom. The Bertz CT molecular complexity index is 1040.